The molecule has 0 unspecified atom stereocenters. The van der Waals surface area contributed by atoms with Gasteiger partial charge >= 0.3 is 0 Å². The molecule has 0 saturated carbocycles. The molecule has 0 spiro atoms. The zero-order valence-electron chi connectivity index (χ0n) is 38.8. The van der Waals surface area contributed by atoms with Crippen LogP contribution in [0.25, 0.3) is 122 Å². The van der Waals surface area contributed by atoms with Gasteiger partial charge in [0.25, 0.3) is 0 Å². The van der Waals surface area contributed by atoms with Gasteiger partial charge in [0, 0.05) is 49.4 Å². The van der Waals surface area contributed by atoms with E-state index in [0.29, 0.717) is 17.0 Å². The molecular formula is C66H40N6. The minimum absolute atomic E-state index is 0.622. The van der Waals surface area contributed by atoms with Crippen molar-refractivity contribution in [3.8, 4) is 90.8 Å². The molecular weight excluding hydrogens is 877 g/mol. The number of hydrogen-bond donors (Lipinski definition) is 0. The summed E-state index contributed by atoms with van der Waals surface area (Å²) in [5, 5.41) is 24.0. The van der Waals surface area contributed by atoms with E-state index < -0.39 is 0 Å². The van der Waals surface area contributed by atoms with Gasteiger partial charge in [0.05, 0.1) is 68.1 Å². The van der Waals surface area contributed by atoms with Crippen LogP contribution in [0.15, 0.2) is 243 Å². The highest BCUT2D eigenvalue weighted by atomic mass is 15.0. The Bertz CT molecular complexity index is 4300. The Hall–Kier alpha value is -10.1. The number of fused-ring (bicyclic) bond motifs is 6. The molecule has 13 rings (SSSR count). The van der Waals surface area contributed by atoms with Gasteiger partial charge in [-0.25, -0.2) is 9.97 Å². The van der Waals surface area contributed by atoms with Crippen LogP contribution in [0.4, 0.5) is 0 Å². The summed E-state index contributed by atoms with van der Waals surface area (Å²) < 4.78 is 4.78. The third kappa shape index (κ3) is 7.19. The topological polar surface area (TPSA) is 83.2 Å². The largest absolute Gasteiger partial charge is 0.309 e. The van der Waals surface area contributed by atoms with Crippen molar-refractivity contribution in [1.82, 2.24) is 19.1 Å². The number of nitrogens with zero attached hydrogens (tertiary/aromatic N) is 6. The summed E-state index contributed by atoms with van der Waals surface area (Å²) in [7, 11) is 0. The van der Waals surface area contributed by atoms with Crippen LogP contribution in [0.3, 0.4) is 0 Å². The summed E-state index contributed by atoms with van der Waals surface area (Å²) in [5.74, 6) is 0.622. The fourth-order valence-corrected chi connectivity index (χ4v) is 10.4. The lowest BCUT2D eigenvalue weighted by Gasteiger charge is -2.20. The Balaban J connectivity index is 1.08. The molecule has 0 aliphatic rings. The van der Waals surface area contributed by atoms with Crippen molar-refractivity contribution in [2.75, 3.05) is 0 Å². The quantitative estimate of drug-likeness (QED) is 0.152. The molecule has 13 aromatic rings. The molecule has 0 N–H and O–H groups in total. The average Bonchev–Trinajstić information content (AvgIpc) is 3.97. The van der Waals surface area contributed by atoms with Crippen LogP contribution in [-0.2, 0) is 0 Å². The molecule has 3 heterocycles. The predicted octanol–water partition coefficient (Wildman–Crippen LogP) is 16.4. The molecule has 0 aliphatic heterocycles. The standard InChI is InChI=1S/C66H40N6/c67-41-43-15-13-21-47(35-43)49-29-32-63-55(37-49)52-23-7-10-26-60(52)71(63)61-27-11-9-25-54(61)57-39-51(66-69-58(45-17-3-1-4-18-45)40-59(70-66)46-19-5-2-6-20-46)31-34-65(57)72-62-28-12-8-24-53(62)56-38-50(30-33-64(56)72)48-22-14-16-44(36-48)42-68/h1-40H. The Labute approximate surface area is 415 Å². The summed E-state index contributed by atoms with van der Waals surface area (Å²) in [4.78, 5) is 10.6. The van der Waals surface area contributed by atoms with Crippen LogP contribution in [0.1, 0.15) is 11.1 Å². The lowest BCUT2D eigenvalue weighted by molar-refractivity contribution is 1.15. The number of para-hydroxylation sites is 3. The molecule has 3 aromatic heterocycles. The molecule has 6 heteroatoms. The minimum Gasteiger partial charge on any atom is -0.309 e. The Morgan fingerprint density at radius 3 is 1.26 bits per heavy atom. The van der Waals surface area contributed by atoms with Crippen molar-refractivity contribution in [1.29, 1.82) is 10.5 Å². The summed E-state index contributed by atoms with van der Waals surface area (Å²) >= 11 is 0. The normalized spacial score (nSPS) is 11.3. The van der Waals surface area contributed by atoms with Crippen LogP contribution < -0.4 is 0 Å². The first kappa shape index (κ1) is 42.0. The summed E-state index contributed by atoms with van der Waals surface area (Å²) in [5.41, 5.74) is 18.2. The lowest BCUT2D eigenvalue weighted by atomic mass is 9.97. The Morgan fingerprint density at radius 2 is 0.722 bits per heavy atom. The van der Waals surface area contributed by atoms with Gasteiger partial charge in [-0.1, -0.05) is 152 Å². The molecule has 0 amide bonds. The van der Waals surface area contributed by atoms with E-state index in [9.17, 15) is 10.5 Å². The van der Waals surface area contributed by atoms with Crippen LogP contribution in [0.2, 0.25) is 0 Å². The van der Waals surface area contributed by atoms with Crippen molar-refractivity contribution >= 4 is 43.6 Å². The van der Waals surface area contributed by atoms with Gasteiger partial charge in [0.1, 0.15) is 0 Å². The summed E-state index contributed by atoms with van der Waals surface area (Å²) in [6.45, 7) is 0. The third-order valence-electron chi connectivity index (χ3n) is 13.8. The van der Waals surface area contributed by atoms with Gasteiger partial charge in [-0.3, -0.25) is 0 Å². The number of hydrogen-bond acceptors (Lipinski definition) is 4. The van der Waals surface area contributed by atoms with E-state index in [1.165, 1.54) is 0 Å². The van der Waals surface area contributed by atoms with Crippen molar-refractivity contribution in [2.45, 2.75) is 0 Å². The molecule has 0 aliphatic carbocycles. The van der Waals surface area contributed by atoms with E-state index in [1.807, 2.05) is 72.8 Å². The van der Waals surface area contributed by atoms with Crippen LogP contribution in [0.5, 0.6) is 0 Å². The molecule has 0 radical (unpaired) electrons. The molecule has 10 aromatic carbocycles. The van der Waals surface area contributed by atoms with Crippen molar-refractivity contribution in [3.05, 3.63) is 254 Å². The molecule has 72 heavy (non-hydrogen) atoms. The maximum atomic E-state index is 9.78. The first-order valence-corrected chi connectivity index (χ1v) is 23.9. The van der Waals surface area contributed by atoms with E-state index in [1.54, 1.807) is 0 Å². The molecule has 0 bridgehead atoms. The molecule has 0 saturated heterocycles. The first-order chi connectivity index (χ1) is 35.6. The predicted molar refractivity (Wildman–Crippen MR) is 293 cm³/mol. The fourth-order valence-electron chi connectivity index (χ4n) is 10.4. The highest BCUT2D eigenvalue weighted by molar-refractivity contribution is 6.13. The Morgan fingerprint density at radius 1 is 0.292 bits per heavy atom. The lowest BCUT2D eigenvalue weighted by Crippen LogP contribution is -2.03. The maximum Gasteiger partial charge on any atom is 0.160 e. The number of aromatic nitrogens is 4. The van der Waals surface area contributed by atoms with E-state index in [0.717, 1.165) is 116 Å². The van der Waals surface area contributed by atoms with Gasteiger partial charge in [-0.05, 0) is 113 Å². The zero-order chi connectivity index (χ0) is 48.1. The van der Waals surface area contributed by atoms with Gasteiger partial charge < -0.3 is 9.13 Å². The maximum absolute atomic E-state index is 9.78. The summed E-state index contributed by atoms with van der Waals surface area (Å²) in [6.07, 6.45) is 0. The van der Waals surface area contributed by atoms with Crippen LogP contribution in [0, 0.1) is 22.7 Å². The fraction of sp³-hybridized carbons (Fsp3) is 0. The van der Waals surface area contributed by atoms with Gasteiger partial charge in [0.2, 0.25) is 0 Å². The van der Waals surface area contributed by atoms with E-state index in [4.69, 9.17) is 9.97 Å². The van der Waals surface area contributed by atoms with Crippen molar-refractivity contribution < 1.29 is 0 Å². The Kier molecular flexibility index (Phi) is 10.2. The van der Waals surface area contributed by atoms with Gasteiger partial charge in [-0.2, -0.15) is 10.5 Å². The SMILES string of the molecule is N#Cc1cccc(-c2ccc3c(c2)c2ccccc2n3-c2ccccc2-c2cc(-c3nc(-c4ccccc4)cc(-c4ccccc4)n3)ccc2-n2c3ccccc3c3cc(-c4cccc(C#N)c4)ccc32)c1. The molecule has 6 nitrogen and oxygen atoms in total. The highest BCUT2D eigenvalue weighted by Crippen LogP contribution is 2.43. The van der Waals surface area contributed by atoms with E-state index in [2.05, 4.69) is 191 Å². The third-order valence-corrected chi connectivity index (χ3v) is 13.8. The van der Waals surface area contributed by atoms with Crippen LogP contribution >= 0.6 is 0 Å². The van der Waals surface area contributed by atoms with E-state index in [-0.39, 0.29) is 0 Å². The van der Waals surface area contributed by atoms with Crippen molar-refractivity contribution in [2.24, 2.45) is 0 Å². The van der Waals surface area contributed by atoms with Crippen molar-refractivity contribution in [3.63, 3.8) is 0 Å². The molecule has 334 valence electrons. The second kappa shape index (κ2) is 17.4. The smallest absolute Gasteiger partial charge is 0.160 e. The number of rotatable bonds is 8. The van der Waals surface area contributed by atoms with Gasteiger partial charge in [0.15, 0.2) is 5.82 Å². The first-order valence-electron chi connectivity index (χ1n) is 23.9. The number of nitriles is 2. The highest BCUT2D eigenvalue weighted by Gasteiger charge is 2.23. The molecule has 0 atom stereocenters. The van der Waals surface area contributed by atoms with Gasteiger partial charge in [-0.15, -0.1) is 0 Å². The average molecular weight is 917 g/mol. The monoisotopic (exact) mass is 916 g/mol. The van der Waals surface area contributed by atoms with E-state index >= 15 is 0 Å². The van der Waals surface area contributed by atoms with Crippen LogP contribution in [-0.4, -0.2) is 19.1 Å². The second-order valence-corrected chi connectivity index (χ2v) is 18.0. The summed E-state index contributed by atoms with van der Waals surface area (Å²) in [6, 6.07) is 88.7. The molecule has 0 fully saturated rings. The second-order valence-electron chi connectivity index (χ2n) is 18.0. The zero-order valence-corrected chi connectivity index (χ0v) is 38.8. The number of benzene rings is 10. The minimum atomic E-state index is 0.622.